The van der Waals surface area contributed by atoms with Gasteiger partial charge < -0.3 is 11.1 Å². The van der Waals surface area contributed by atoms with Gasteiger partial charge in [-0.25, -0.2) is 4.79 Å². The average Bonchev–Trinajstić information content (AvgIpc) is 2.31. The maximum atomic E-state index is 11.9. The Hall–Kier alpha value is -1.14. The van der Waals surface area contributed by atoms with Crippen LogP contribution in [0.5, 0.6) is 0 Å². The Morgan fingerprint density at radius 2 is 2.06 bits per heavy atom. The van der Waals surface area contributed by atoms with Crippen LogP contribution in [0.3, 0.4) is 0 Å². The molecule has 0 saturated carbocycles. The summed E-state index contributed by atoms with van der Waals surface area (Å²) in [6.07, 6.45) is 0.866. The molecule has 6 heteroatoms. The number of carbonyl (C=O) groups excluding carboxylic acids is 2. The summed E-state index contributed by atoms with van der Waals surface area (Å²) in [7, 11) is 1.48. The predicted octanol–water partition coefficient (Wildman–Crippen LogP) is -0.110. The lowest BCUT2D eigenvalue weighted by molar-refractivity contribution is -0.126. The number of rotatable bonds is 2. The lowest BCUT2D eigenvalue weighted by Gasteiger charge is -2.44. The van der Waals surface area contributed by atoms with Gasteiger partial charge in [-0.2, -0.15) is 0 Å². The first-order chi connectivity index (χ1) is 8.27. The Balaban J connectivity index is 2.59. The molecule has 2 unspecified atom stereocenters. The van der Waals surface area contributed by atoms with E-state index in [2.05, 4.69) is 29.4 Å². The first-order valence-corrected chi connectivity index (χ1v) is 6.30. The second-order valence-electron chi connectivity index (χ2n) is 5.60. The molecule has 1 aliphatic rings. The molecule has 0 aromatic heterocycles. The van der Waals surface area contributed by atoms with Gasteiger partial charge in [-0.15, -0.1) is 0 Å². The Bertz CT molecular complexity index is 330. The number of urea groups is 1. The molecule has 1 heterocycles. The molecule has 0 spiro atoms. The SMILES string of the molecule is CNC(=O)NC(=O)C(C)N1CCC(N)C(C)(C)C1. The van der Waals surface area contributed by atoms with Crippen LogP contribution in [0, 0.1) is 5.41 Å². The zero-order valence-corrected chi connectivity index (χ0v) is 11.6. The summed E-state index contributed by atoms with van der Waals surface area (Å²) in [5, 5.41) is 4.67. The molecule has 0 radical (unpaired) electrons. The lowest BCUT2D eigenvalue weighted by Crippen LogP contribution is -2.58. The first-order valence-electron chi connectivity index (χ1n) is 6.30. The van der Waals surface area contributed by atoms with E-state index in [1.807, 2.05) is 6.92 Å². The number of nitrogens with one attached hydrogen (secondary N) is 2. The van der Waals surface area contributed by atoms with Gasteiger partial charge in [0, 0.05) is 26.2 Å². The molecule has 18 heavy (non-hydrogen) atoms. The van der Waals surface area contributed by atoms with Crippen molar-refractivity contribution in [1.29, 1.82) is 0 Å². The average molecular weight is 256 g/mol. The molecule has 2 atom stereocenters. The minimum absolute atomic E-state index is 0.0141. The van der Waals surface area contributed by atoms with E-state index >= 15 is 0 Å². The van der Waals surface area contributed by atoms with Gasteiger partial charge in [0.2, 0.25) is 5.91 Å². The fourth-order valence-corrected chi connectivity index (χ4v) is 2.19. The van der Waals surface area contributed by atoms with Crippen molar-refractivity contribution in [3.63, 3.8) is 0 Å². The molecule has 0 aliphatic carbocycles. The van der Waals surface area contributed by atoms with Crippen molar-refractivity contribution in [2.45, 2.75) is 39.3 Å². The molecule has 0 aromatic rings. The van der Waals surface area contributed by atoms with Gasteiger partial charge in [0.15, 0.2) is 0 Å². The van der Waals surface area contributed by atoms with Crippen LogP contribution < -0.4 is 16.4 Å². The summed E-state index contributed by atoms with van der Waals surface area (Å²) in [5.74, 6) is -0.277. The lowest BCUT2D eigenvalue weighted by atomic mass is 9.79. The molecule has 1 saturated heterocycles. The predicted molar refractivity (Wildman–Crippen MR) is 70.0 cm³/mol. The van der Waals surface area contributed by atoms with Crippen LogP contribution in [-0.2, 0) is 4.79 Å². The number of nitrogens with zero attached hydrogens (tertiary/aromatic N) is 1. The summed E-state index contributed by atoms with van der Waals surface area (Å²) >= 11 is 0. The van der Waals surface area contributed by atoms with E-state index in [0.29, 0.717) is 0 Å². The van der Waals surface area contributed by atoms with Crippen molar-refractivity contribution in [1.82, 2.24) is 15.5 Å². The van der Waals surface area contributed by atoms with Gasteiger partial charge in [0.25, 0.3) is 0 Å². The maximum absolute atomic E-state index is 11.9. The maximum Gasteiger partial charge on any atom is 0.321 e. The van der Waals surface area contributed by atoms with Gasteiger partial charge >= 0.3 is 6.03 Å². The van der Waals surface area contributed by atoms with Gasteiger partial charge in [-0.05, 0) is 18.8 Å². The van der Waals surface area contributed by atoms with Gasteiger partial charge in [0.1, 0.15) is 0 Å². The molecule has 104 valence electrons. The molecule has 0 aromatic carbocycles. The fourth-order valence-electron chi connectivity index (χ4n) is 2.19. The highest BCUT2D eigenvalue weighted by Crippen LogP contribution is 2.28. The molecular formula is C12H24N4O2. The van der Waals surface area contributed by atoms with Crippen LogP contribution in [0.2, 0.25) is 0 Å². The summed E-state index contributed by atoms with van der Waals surface area (Å²) in [6, 6.07) is -0.642. The highest BCUT2D eigenvalue weighted by Gasteiger charge is 2.36. The second kappa shape index (κ2) is 5.67. The number of likely N-dealkylation sites (tertiary alicyclic amines) is 1. The third-order valence-corrected chi connectivity index (χ3v) is 3.73. The van der Waals surface area contributed by atoms with Crippen molar-refractivity contribution >= 4 is 11.9 Å². The van der Waals surface area contributed by atoms with Crippen LogP contribution in [0.25, 0.3) is 0 Å². The largest absolute Gasteiger partial charge is 0.341 e. The number of carbonyl (C=O) groups is 2. The number of hydrogen-bond donors (Lipinski definition) is 3. The Kier molecular flexibility index (Phi) is 4.70. The number of amides is 3. The quantitative estimate of drug-likeness (QED) is 0.643. The Labute approximate surface area is 108 Å². The van der Waals surface area contributed by atoms with E-state index in [0.717, 1.165) is 19.5 Å². The molecule has 4 N–H and O–H groups in total. The molecule has 1 fully saturated rings. The van der Waals surface area contributed by atoms with Crippen LogP contribution in [0.15, 0.2) is 0 Å². The number of piperidine rings is 1. The summed E-state index contributed by atoms with van der Waals surface area (Å²) in [6.45, 7) is 7.56. The van der Waals surface area contributed by atoms with Crippen LogP contribution in [0.4, 0.5) is 4.79 Å². The molecule has 6 nitrogen and oxygen atoms in total. The van der Waals surface area contributed by atoms with Gasteiger partial charge in [0.05, 0.1) is 6.04 Å². The van der Waals surface area contributed by atoms with E-state index in [1.54, 1.807) is 0 Å². The van der Waals surface area contributed by atoms with E-state index in [1.165, 1.54) is 7.05 Å². The highest BCUT2D eigenvalue weighted by molar-refractivity contribution is 5.96. The number of nitrogens with two attached hydrogens (primary N) is 1. The second-order valence-corrected chi connectivity index (χ2v) is 5.60. The highest BCUT2D eigenvalue weighted by atomic mass is 16.2. The van der Waals surface area contributed by atoms with Gasteiger partial charge in [-0.3, -0.25) is 15.0 Å². The third kappa shape index (κ3) is 3.43. The van der Waals surface area contributed by atoms with Crippen LogP contribution in [-0.4, -0.2) is 49.1 Å². The van der Waals surface area contributed by atoms with Crippen molar-refractivity contribution in [2.75, 3.05) is 20.1 Å². The minimum Gasteiger partial charge on any atom is -0.341 e. The molecule has 0 bridgehead atoms. The standard InChI is InChI=1S/C12H24N4O2/c1-8(10(17)15-11(18)14-4)16-6-5-9(13)12(2,3)7-16/h8-9H,5-7,13H2,1-4H3,(H2,14,15,17,18). The molecule has 1 aliphatic heterocycles. The summed E-state index contributed by atoms with van der Waals surface area (Å²) < 4.78 is 0. The first kappa shape index (κ1) is 14.9. The van der Waals surface area contributed by atoms with E-state index < -0.39 is 6.03 Å². The van der Waals surface area contributed by atoms with Crippen LogP contribution >= 0.6 is 0 Å². The van der Waals surface area contributed by atoms with Crippen molar-refractivity contribution in [2.24, 2.45) is 11.1 Å². The van der Waals surface area contributed by atoms with E-state index in [9.17, 15) is 9.59 Å². The van der Waals surface area contributed by atoms with Crippen molar-refractivity contribution in [3.05, 3.63) is 0 Å². The smallest absolute Gasteiger partial charge is 0.321 e. The molecular weight excluding hydrogens is 232 g/mol. The monoisotopic (exact) mass is 256 g/mol. The van der Waals surface area contributed by atoms with E-state index in [4.69, 9.17) is 5.73 Å². The summed E-state index contributed by atoms with van der Waals surface area (Å²) in [4.78, 5) is 25.0. The Morgan fingerprint density at radius 1 is 1.44 bits per heavy atom. The minimum atomic E-state index is -0.472. The number of imide groups is 1. The molecule has 1 rings (SSSR count). The zero-order valence-electron chi connectivity index (χ0n) is 11.6. The number of hydrogen-bond acceptors (Lipinski definition) is 4. The normalized spacial score (nSPS) is 25.3. The van der Waals surface area contributed by atoms with E-state index in [-0.39, 0.29) is 23.4 Å². The van der Waals surface area contributed by atoms with Crippen LogP contribution in [0.1, 0.15) is 27.2 Å². The van der Waals surface area contributed by atoms with Gasteiger partial charge in [-0.1, -0.05) is 13.8 Å². The van der Waals surface area contributed by atoms with Crippen molar-refractivity contribution < 1.29 is 9.59 Å². The Morgan fingerprint density at radius 3 is 2.56 bits per heavy atom. The third-order valence-electron chi connectivity index (χ3n) is 3.73. The zero-order chi connectivity index (χ0) is 13.9. The fraction of sp³-hybridized carbons (Fsp3) is 0.833. The topological polar surface area (TPSA) is 87.5 Å². The summed E-state index contributed by atoms with van der Waals surface area (Å²) in [5.41, 5.74) is 6.05. The molecule has 3 amide bonds. The van der Waals surface area contributed by atoms with Crippen molar-refractivity contribution in [3.8, 4) is 0 Å².